The van der Waals surface area contributed by atoms with Gasteiger partial charge in [0.05, 0.1) is 11.8 Å². The predicted molar refractivity (Wildman–Crippen MR) is 90.5 cm³/mol. The number of para-hydroxylation sites is 2. The van der Waals surface area contributed by atoms with Crippen molar-refractivity contribution in [3.05, 3.63) is 24.3 Å². The van der Waals surface area contributed by atoms with Gasteiger partial charge in [-0.05, 0) is 30.9 Å². The molecule has 0 aliphatic carbocycles. The summed E-state index contributed by atoms with van der Waals surface area (Å²) in [7, 11) is 0. The minimum absolute atomic E-state index is 0.0475. The topological polar surface area (TPSA) is 68.9 Å². The molecule has 0 bridgehead atoms. The number of anilines is 1. The number of hydrogen-bond acceptors (Lipinski definition) is 3. The maximum Gasteiger partial charge on any atom is 0.573 e. The van der Waals surface area contributed by atoms with Crippen molar-refractivity contribution in [1.29, 1.82) is 0 Å². The molecule has 8 heteroatoms. The molecule has 3 N–H and O–H groups in total. The fourth-order valence-electron chi connectivity index (χ4n) is 2.97. The highest BCUT2D eigenvalue weighted by Crippen LogP contribution is 2.30. The van der Waals surface area contributed by atoms with Gasteiger partial charge in [0, 0.05) is 19.1 Å². The summed E-state index contributed by atoms with van der Waals surface area (Å²) in [5.41, 5.74) is 5.95. The van der Waals surface area contributed by atoms with Gasteiger partial charge in [-0.25, -0.2) is 0 Å². The monoisotopic (exact) mass is 359 g/mol. The fraction of sp³-hybridized carbons (Fsp3) is 0.588. The average Bonchev–Trinajstić information content (AvgIpc) is 2.53. The summed E-state index contributed by atoms with van der Waals surface area (Å²) in [6, 6.07) is 5.70. The Hall–Kier alpha value is -1.96. The zero-order valence-corrected chi connectivity index (χ0v) is 14.3. The second-order valence-electron chi connectivity index (χ2n) is 6.38. The zero-order valence-electron chi connectivity index (χ0n) is 14.3. The van der Waals surface area contributed by atoms with Crippen LogP contribution in [0, 0.1) is 11.8 Å². The van der Waals surface area contributed by atoms with Gasteiger partial charge in [-0.15, -0.1) is 13.2 Å². The number of guanidine groups is 1. The Morgan fingerprint density at radius 3 is 2.80 bits per heavy atom. The first-order valence-electron chi connectivity index (χ1n) is 8.29. The number of nitrogens with zero attached hydrogens (tertiary/aromatic N) is 1. The van der Waals surface area contributed by atoms with Crippen LogP contribution in [0.15, 0.2) is 29.3 Å². The van der Waals surface area contributed by atoms with Crippen molar-refractivity contribution in [3.8, 4) is 5.75 Å². The van der Waals surface area contributed by atoms with Gasteiger partial charge in [-0.2, -0.15) is 0 Å². The second-order valence-corrected chi connectivity index (χ2v) is 6.38. The lowest BCUT2D eigenvalue weighted by atomic mass is 9.87. The molecule has 0 saturated carbocycles. The van der Waals surface area contributed by atoms with Crippen LogP contribution in [0.1, 0.15) is 26.7 Å². The highest BCUT2D eigenvalue weighted by atomic mass is 19.4. The van der Waals surface area contributed by atoms with E-state index in [4.69, 9.17) is 10.5 Å². The maximum absolute atomic E-state index is 12.4. The number of aliphatic imine (C=N–C) groups is 1. The van der Waals surface area contributed by atoms with E-state index in [2.05, 4.69) is 28.9 Å². The SMILES string of the molecule is CC(C)C1OCCCC1CN=C(N)Nc1ccccc1OC(F)(F)F. The van der Waals surface area contributed by atoms with Crippen LogP contribution in [0.2, 0.25) is 0 Å². The normalized spacial score (nSPS) is 22.1. The van der Waals surface area contributed by atoms with Crippen molar-refractivity contribution in [2.24, 2.45) is 22.6 Å². The van der Waals surface area contributed by atoms with Crippen molar-refractivity contribution in [1.82, 2.24) is 0 Å². The van der Waals surface area contributed by atoms with E-state index in [9.17, 15) is 13.2 Å². The molecule has 1 aromatic carbocycles. The minimum Gasteiger partial charge on any atom is -0.404 e. The lowest BCUT2D eigenvalue weighted by Gasteiger charge is -2.33. The first-order valence-corrected chi connectivity index (χ1v) is 8.29. The van der Waals surface area contributed by atoms with Crippen LogP contribution in [0.25, 0.3) is 0 Å². The second kappa shape index (κ2) is 8.42. The molecule has 0 radical (unpaired) electrons. The highest BCUT2D eigenvalue weighted by Gasteiger charge is 2.32. The van der Waals surface area contributed by atoms with Crippen molar-refractivity contribution in [2.75, 3.05) is 18.5 Å². The van der Waals surface area contributed by atoms with E-state index in [0.29, 0.717) is 12.5 Å². The molecule has 0 aromatic heterocycles. The standard InChI is InChI=1S/C17H24F3N3O2/c1-11(2)15-12(6-5-9-24-15)10-22-16(21)23-13-7-3-4-8-14(13)25-17(18,19)20/h3-4,7-8,11-12,15H,5-6,9-10H2,1-2H3,(H3,21,22,23). The van der Waals surface area contributed by atoms with Crippen molar-refractivity contribution < 1.29 is 22.6 Å². The average molecular weight is 359 g/mol. The number of benzene rings is 1. The Morgan fingerprint density at radius 2 is 2.12 bits per heavy atom. The van der Waals surface area contributed by atoms with E-state index in [1.165, 1.54) is 18.2 Å². The van der Waals surface area contributed by atoms with Crippen LogP contribution < -0.4 is 15.8 Å². The molecule has 2 atom stereocenters. The van der Waals surface area contributed by atoms with Gasteiger partial charge in [-0.1, -0.05) is 26.0 Å². The van der Waals surface area contributed by atoms with Gasteiger partial charge < -0.3 is 20.5 Å². The number of halogens is 3. The molecule has 1 aromatic rings. The smallest absolute Gasteiger partial charge is 0.404 e. The molecule has 0 spiro atoms. The van der Waals surface area contributed by atoms with Crippen LogP contribution in [-0.4, -0.2) is 31.6 Å². The fourth-order valence-corrected chi connectivity index (χ4v) is 2.97. The van der Waals surface area contributed by atoms with Crippen LogP contribution in [0.4, 0.5) is 18.9 Å². The molecule has 1 aliphatic rings. The number of alkyl halides is 3. The molecule has 1 saturated heterocycles. The highest BCUT2D eigenvalue weighted by molar-refractivity contribution is 5.93. The lowest BCUT2D eigenvalue weighted by molar-refractivity contribution is -0.274. The Balaban J connectivity index is 2.01. The van der Waals surface area contributed by atoms with E-state index in [-0.39, 0.29) is 29.4 Å². The molecular formula is C17H24F3N3O2. The third-order valence-corrected chi connectivity index (χ3v) is 4.02. The molecule has 1 aliphatic heterocycles. The van der Waals surface area contributed by atoms with Gasteiger partial charge in [0.2, 0.25) is 0 Å². The molecule has 25 heavy (non-hydrogen) atoms. The summed E-state index contributed by atoms with van der Waals surface area (Å²) in [4.78, 5) is 4.28. The first-order chi connectivity index (χ1) is 11.8. The number of ether oxygens (including phenoxy) is 2. The molecule has 1 heterocycles. The third-order valence-electron chi connectivity index (χ3n) is 4.02. The minimum atomic E-state index is -4.77. The van der Waals surface area contributed by atoms with Gasteiger partial charge in [0.25, 0.3) is 0 Å². The number of hydrogen-bond donors (Lipinski definition) is 2. The van der Waals surface area contributed by atoms with E-state index in [1.54, 1.807) is 6.07 Å². The predicted octanol–water partition coefficient (Wildman–Crippen LogP) is 3.76. The number of nitrogens with two attached hydrogens (primary N) is 1. The molecule has 0 amide bonds. The molecule has 2 rings (SSSR count). The van der Waals surface area contributed by atoms with Crippen LogP contribution in [0.3, 0.4) is 0 Å². The van der Waals surface area contributed by atoms with Gasteiger partial charge in [0.15, 0.2) is 11.7 Å². The van der Waals surface area contributed by atoms with Crippen molar-refractivity contribution in [3.63, 3.8) is 0 Å². The Morgan fingerprint density at radius 1 is 1.40 bits per heavy atom. The summed E-state index contributed by atoms with van der Waals surface area (Å²) in [5, 5.41) is 2.68. The summed E-state index contributed by atoms with van der Waals surface area (Å²) >= 11 is 0. The van der Waals surface area contributed by atoms with Crippen LogP contribution in [-0.2, 0) is 4.74 Å². The molecular weight excluding hydrogens is 335 g/mol. The molecule has 140 valence electrons. The lowest BCUT2D eigenvalue weighted by Crippen LogP contribution is -2.36. The van der Waals surface area contributed by atoms with Gasteiger partial charge >= 0.3 is 6.36 Å². The van der Waals surface area contributed by atoms with Gasteiger partial charge in [0.1, 0.15) is 0 Å². The van der Waals surface area contributed by atoms with Gasteiger partial charge in [-0.3, -0.25) is 4.99 Å². The Kier molecular flexibility index (Phi) is 6.52. The Bertz CT molecular complexity index is 591. The van der Waals surface area contributed by atoms with Crippen LogP contribution in [0.5, 0.6) is 5.75 Å². The van der Waals surface area contributed by atoms with Crippen LogP contribution >= 0.6 is 0 Å². The summed E-state index contributed by atoms with van der Waals surface area (Å²) in [6.07, 6.45) is -2.69. The number of rotatable bonds is 5. The zero-order chi connectivity index (χ0) is 18.4. The number of nitrogens with one attached hydrogen (secondary N) is 1. The third kappa shape index (κ3) is 6.12. The maximum atomic E-state index is 12.4. The first kappa shape index (κ1) is 19.4. The summed E-state index contributed by atoms with van der Waals surface area (Å²) < 4.78 is 47.1. The molecule has 1 fully saturated rings. The van der Waals surface area contributed by atoms with E-state index in [1.807, 2.05) is 0 Å². The van der Waals surface area contributed by atoms with Crippen molar-refractivity contribution in [2.45, 2.75) is 39.2 Å². The Labute approximate surface area is 145 Å². The summed E-state index contributed by atoms with van der Waals surface area (Å²) in [6.45, 7) is 5.40. The molecule has 2 unspecified atom stereocenters. The van der Waals surface area contributed by atoms with E-state index < -0.39 is 6.36 Å². The summed E-state index contributed by atoms with van der Waals surface area (Å²) in [5.74, 6) is 0.312. The van der Waals surface area contributed by atoms with E-state index in [0.717, 1.165) is 19.4 Å². The quantitative estimate of drug-likeness (QED) is 0.620. The largest absolute Gasteiger partial charge is 0.573 e. The van der Waals surface area contributed by atoms with Crippen molar-refractivity contribution >= 4 is 11.6 Å². The van der Waals surface area contributed by atoms with E-state index >= 15 is 0 Å². The molecule has 5 nitrogen and oxygen atoms in total.